The summed E-state index contributed by atoms with van der Waals surface area (Å²) >= 11 is 12.2. The smallest absolute Gasteiger partial charge is 0.236 e. The molecule has 0 saturated carbocycles. The van der Waals surface area contributed by atoms with E-state index in [9.17, 15) is 14.7 Å². The quantitative estimate of drug-likeness (QED) is 0.558. The fourth-order valence-electron chi connectivity index (χ4n) is 1.93. The van der Waals surface area contributed by atoms with Gasteiger partial charge in [-0.3, -0.25) is 4.79 Å². The summed E-state index contributed by atoms with van der Waals surface area (Å²) in [7, 11) is 1.43. The summed E-state index contributed by atoms with van der Waals surface area (Å²) in [6, 6.07) is 11.2. The second kappa shape index (κ2) is 9.42. The van der Waals surface area contributed by atoms with E-state index < -0.39 is 5.97 Å². The second-order valence-electron chi connectivity index (χ2n) is 4.95. The van der Waals surface area contributed by atoms with Crippen molar-refractivity contribution in [3.05, 3.63) is 53.1 Å². The lowest BCUT2D eigenvalue weighted by Gasteiger charge is -2.14. The molecule has 0 aliphatic carbocycles. The fraction of sp³-hybridized carbons (Fsp3) is 0.118. The van der Waals surface area contributed by atoms with Gasteiger partial charge in [0, 0.05) is 9.92 Å². The van der Waals surface area contributed by atoms with E-state index >= 15 is 0 Å². The van der Waals surface area contributed by atoms with Gasteiger partial charge in [0.2, 0.25) is 5.91 Å². The van der Waals surface area contributed by atoms with Gasteiger partial charge in [0.1, 0.15) is 5.75 Å². The average Bonchev–Trinajstić information content (AvgIpc) is 2.61. The van der Waals surface area contributed by atoms with Gasteiger partial charge in [0.25, 0.3) is 0 Å². The molecule has 0 radical (unpaired) electrons. The van der Waals surface area contributed by atoms with Crippen LogP contribution in [0, 0.1) is 0 Å². The number of amides is 1. The maximum atomic E-state index is 12.0. The number of aromatic carboxylic acids is 1. The molecular weight excluding hydrogens is 396 g/mol. The molecule has 0 aliphatic rings. The van der Waals surface area contributed by atoms with Gasteiger partial charge in [0.15, 0.2) is 5.11 Å². The Kier molecular flexibility index (Phi) is 7.26. The minimum atomic E-state index is -1.33. The Morgan fingerprint density at radius 2 is 1.92 bits per heavy atom. The number of hydrogen-bond acceptors (Lipinski definition) is 6. The maximum Gasteiger partial charge on any atom is 0.236 e. The average molecular weight is 410 g/mol. The molecule has 136 valence electrons. The summed E-state index contributed by atoms with van der Waals surface area (Å²) in [4.78, 5) is 23.9. The maximum absolute atomic E-state index is 12.0. The van der Waals surface area contributed by atoms with Crippen LogP contribution < -0.4 is 20.5 Å². The number of anilines is 1. The van der Waals surface area contributed by atoms with E-state index in [0.29, 0.717) is 16.5 Å². The summed E-state index contributed by atoms with van der Waals surface area (Å²) in [6.45, 7) is 0. The van der Waals surface area contributed by atoms with Crippen LogP contribution in [-0.2, 0) is 4.79 Å². The van der Waals surface area contributed by atoms with Crippen molar-refractivity contribution in [2.24, 2.45) is 0 Å². The second-order valence-corrected chi connectivity index (χ2v) is 6.84. The van der Waals surface area contributed by atoms with E-state index in [1.54, 1.807) is 12.1 Å². The Morgan fingerprint density at radius 1 is 1.23 bits per heavy atom. The van der Waals surface area contributed by atoms with Crippen molar-refractivity contribution in [1.29, 1.82) is 0 Å². The van der Waals surface area contributed by atoms with E-state index in [-0.39, 0.29) is 22.3 Å². The summed E-state index contributed by atoms with van der Waals surface area (Å²) in [5.41, 5.74) is 0.269. The molecular formula is C17H14ClN2O4S2-. The lowest BCUT2D eigenvalue weighted by molar-refractivity contribution is -0.255. The molecule has 6 nitrogen and oxygen atoms in total. The normalized spacial score (nSPS) is 10.1. The number of carboxylic acids is 1. The van der Waals surface area contributed by atoms with Crippen LogP contribution in [0.15, 0.2) is 47.4 Å². The molecule has 0 spiro atoms. The van der Waals surface area contributed by atoms with Crippen LogP contribution in [0.25, 0.3) is 0 Å². The predicted octanol–water partition coefficient (Wildman–Crippen LogP) is 2.32. The Labute approximate surface area is 164 Å². The van der Waals surface area contributed by atoms with Gasteiger partial charge in [0.05, 0.1) is 24.5 Å². The van der Waals surface area contributed by atoms with Crippen LogP contribution in [0.1, 0.15) is 10.4 Å². The van der Waals surface area contributed by atoms with Crippen LogP contribution in [0.5, 0.6) is 5.75 Å². The third-order valence-corrected chi connectivity index (χ3v) is 4.59. The van der Waals surface area contributed by atoms with Crippen LogP contribution in [0.3, 0.4) is 0 Å². The number of carboxylic acid groups (broad SMARTS) is 1. The van der Waals surface area contributed by atoms with E-state index in [1.807, 2.05) is 12.1 Å². The van der Waals surface area contributed by atoms with Crippen LogP contribution in [-0.4, -0.2) is 29.9 Å². The van der Waals surface area contributed by atoms with Crippen molar-refractivity contribution >= 4 is 58.3 Å². The molecule has 1 amide bonds. The lowest BCUT2D eigenvalue weighted by atomic mass is 10.2. The number of hydrogen-bond donors (Lipinski definition) is 2. The number of methoxy groups -OCH3 is 1. The number of nitrogens with one attached hydrogen (secondary N) is 2. The number of halogens is 1. The molecule has 0 fully saturated rings. The van der Waals surface area contributed by atoms with Crippen molar-refractivity contribution in [1.82, 2.24) is 5.32 Å². The van der Waals surface area contributed by atoms with Crippen molar-refractivity contribution in [3.8, 4) is 5.75 Å². The third kappa shape index (κ3) is 5.91. The molecule has 9 heteroatoms. The largest absolute Gasteiger partial charge is 0.545 e. The molecule has 2 aromatic carbocycles. The topological polar surface area (TPSA) is 90.5 Å². The monoisotopic (exact) mass is 409 g/mol. The third-order valence-electron chi connectivity index (χ3n) is 3.12. The van der Waals surface area contributed by atoms with Gasteiger partial charge < -0.3 is 25.3 Å². The number of thiocarbonyl (C=S) groups is 1. The van der Waals surface area contributed by atoms with E-state index in [0.717, 1.165) is 4.90 Å². The fourth-order valence-corrected chi connectivity index (χ4v) is 2.98. The van der Waals surface area contributed by atoms with Gasteiger partial charge in [-0.15, -0.1) is 11.8 Å². The highest BCUT2D eigenvalue weighted by Gasteiger charge is 2.10. The Bertz CT molecular complexity index is 828. The molecule has 26 heavy (non-hydrogen) atoms. The number of ether oxygens (including phenoxy) is 1. The van der Waals surface area contributed by atoms with Crippen molar-refractivity contribution in [2.75, 3.05) is 18.2 Å². The van der Waals surface area contributed by atoms with Gasteiger partial charge in [-0.2, -0.15) is 0 Å². The zero-order valence-electron chi connectivity index (χ0n) is 13.6. The summed E-state index contributed by atoms with van der Waals surface area (Å²) in [5, 5.41) is 16.9. The first-order valence-electron chi connectivity index (χ1n) is 7.27. The van der Waals surface area contributed by atoms with Gasteiger partial charge in [-0.1, -0.05) is 11.6 Å². The predicted molar refractivity (Wildman–Crippen MR) is 104 cm³/mol. The molecule has 0 aliphatic heterocycles. The van der Waals surface area contributed by atoms with Crippen LogP contribution in [0.2, 0.25) is 5.02 Å². The SMILES string of the molecule is COc1ccc(C(=O)[O-])cc1NC(=S)NC(=O)CSc1ccc(Cl)cc1. The summed E-state index contributed by atoms with van der Waals surface area (Å²) in [5.74, 6) is -1.11. The highest BCUT2D eigenvalue weighted by atomic mass is 35.5. The zero-order valence-corrected chi connectivity index (χ0v) is 16.0. The Morgan fingerprint density at radius 3 is 2.54 bits per heavy atom. The lowest BCUT2D eigenvalue weighted by Crippen LogP contribution is -2.35. The number of rotatable bonds is 6. The minimum absolute atomic E-state index is 0.0282. The van der Waals surface area contributed by atoms with Crippen LogP contribution >= 0.6 is 35.6 Å². The van der Waals surface area contributed by atoms with Crippen molar-refractivity contribution in [2.45, 2.75) is 4.90 Å². The first-order chi connectivity index (χ1) is 12.4. The number of carbonyl (C=O) groups is 2. The number of thioether (sulfide) groups is 1. The first kappa shape index (κ1) is 20.0. The molecule has 0 unspecified atom stereocenters. The molecule has 0 saturated heterocycles. The molecule has 0 atom stereocenters. The summed E-state index contributed by atoms with van der Waals surface area (Å²) < 4.78 is 5.14. The highest BCUT2D eigenvalue weighted by molar-refractivity contribution is 8.00. The van der Waals surface area contributed by atoms with Crippen molar-refractivity contribution in [3.63, 3.8) is 0 Å². The molecule has 0 aromatic heterocycles. The molecule has 2 N–H and O–H groups in total. The molecule has 0 bridgehead atoms. The minimum Gasteiger partial charge on any atom is -0.545 e. The van der Waals surface area contributed by atoms with E-state index in [1.165, 1.54) is 37.1 Å². The van der Waals surface area contributed by atoms with Crippen LogP contribution in [0.4, 0.5) is 5.69 Å². The van der Waals surface area contributed by atoms with Gasteiger partial charge in [-0.05, 0) is 60.2 Å². The van der Waals surface area contributed by atoms with Gasteiger partial charge in [-0.25, -0.2) is 0 Å². The van der Waals surface area contributed by atoms with E-state index in [4.69, 9.17) is 28.6 Å². The zero-order chi connectivity index (χ0) is 19.1. The number of benzene rings is 2. The van der Waals surface area contributed by atoms with Gasteiger partial charge >= 0.3 is 0 Å². The molecule has 2 aromatic rings. The standard InChI is InChI=1S/C17H15ClN2O4S2/c1-24-14-7-2-10(16(22)23)8-13(14)19-17(25)20-15(21)9-26-12-5-3-11(18)4-6-12/h2-8H,9H2,1H3,(H,22,23)(H2,19,20,21,25)/p-1. The first-order valence-corrected chi connectivity index (χ1v) is 9.05. The Hall–Kier alpha value is -2.29. The summed E-state index contributed by atoms with van der Waals surface area (Å²) in [6.07, 6.45) is 0. The highest BCUT2D eigenvalue weighted by Crippen LogP contribution is 2.25. The van der Waals surface area contributed by atoms with E-state index in [2.05, 4.69) is 10.6 Å². The molecule has 0 heterocycles. The molecule has 2 rings (SSSR count). The number of carbonyl (C=O) groups excluding carboxylic acids is 2. The Balaban J connectivity index is 1.93. The van der Waals surface area contributed by atoms with Crippen molar-refractivity contribution < 1.29 is 19.4 Å².